The van der Waals surface area contributed by atoms with Gasteiger partial charge < -0.3 is 15.0 Å². The molecule has 0 aliphatic carbocycles. The third kappa shape index (κ3) is 6.06. The topological polar surface area (TPSA) is 76.5 Å². The predicted octanol–water partition coefficient (Wildman–Crippen LogP) is 3.03. The Kier molecular flexibility index (Phi) is 7.87. The third-order valence-corrected chi connectivity index (χ3v) is 5.26. The van der Waals surface area contributed by atoms with Crippen LogP contribution in [-0.2, 0) is 9.53 Å². The molecule has 1 atom stereocenters. The van der Waals surface area contributed by atoms with Gasteiger partial charge in [-0.05, 0) is 57.4 Å². The summed E-state index contributed by atoms with van der Waals surface area (Å²) in [5.41, 5.74) is 0.389. The number of piperidine rings is 1. The Balaban J connectivity index is 1.63. The van der Waals surface area contributed by atoms with Gasteiger partial charge in [0.2, 0.25) is 5.91 Å². The molecule has 0 spiro atoms. The van der Waals surface area contributed by atoms with Gasteiger partial charge in [0.05, 0.1) is 17.7 Å². The van der Waals surface area contributed by atoms with Crippen LogP contribution >= 0.6 is 11.6 Å². The lowest BCUT2D eigenvalue weighted by molar-refractivity contribution is -0.125. The van der Waals surface area contributed by atoms with Crippen molar-refractivity contribution in [2.45, 2.75) is 39.2 Å². The maximum absolute atomic E-state index is 12.6. The SMILES string of the molecule is CC(C)OCCCNC(=O)C1CCCN(c2ccc(=O)n(-c3cccc(Cl)c3)n2)C1. The summed E-state index contributed by atoms with van der Waals surface area (Å²) in [7, 11) is 0. The molecule has 1 aliphatic rings. The molecule has 1 amide bonds. The van der Waals surface area contributed by atoms with Crippen LogP contribution in [0.2, 0.25) is 5.02 Å². The highest BCUT2D eigenvalue weighted by Gasteiger charge is 2.26. The summed E-state index contributed by atoms with van der Waals surface area (Å²) in [6.45, 7) is 6.63. The number of nitrogens with one attached hydrogen (secondary N) is 1. The molecule has 1 fully saturated rings. The van der Waals surface area contributed by atoms with Gasteiger partial charge in [0.15, 0.2) is 0 Å². The predicted molar refractivity (Wildman–Crippen MR) is 118 cm³/mol. The molecular weight excluding hydrogens is 404 g/mol. The number of anilines is 1. The number of halogens is 1. The van der Waals surface area contributed by atoms with Crippen LogP contribution in [0.3, 0.4) is 0 Å². The van der Waals surface area contributed by atoms with Gasteiger partial charge in [-0.2, -0.15) is 4.68 Å². The monoisotopic (exact) mass is 432 g/mol. The fraction of sp³-hybridized carbons (Fsp3) is 0.500. The molecule has 7 nitrogen and oxygen atoms in total. The van der Waals surface area contributed by atoms with Gasteiger partial charge in [0.1, 0.15) is 5.82 Å². The first kappa shape index (κ1) is 22.3. The Labute approximate surface area is 182 Å². The van der Waals surface area contributed by atoms with E-state index in [0.717, 1.165) is 25.8 Å². The highest BCUT2D eigenvalue weighted by atomic mass is 35.5. The molecule has 0 radical (unpaired) electrons. The van der Waals surface area contributed by atoms with Crippen molar-refractivity contribution in [3.8, 4) is 5.69 Å². The van der Waals surface area contributed by atoms with E-state index in [1.54, 1.807) is 30.3 Å². The quantitative estimate of drug-likeness (QED) is 0.649. The number of ether oxygens (including phenoxy) is 1. The average Bonchev–Trinajstić information content (AvgIpc) is 2.73. The molecule has 1 unspecified atom stereocenters. The van der Waals surface area contributed by atoms with Crippen LogP contribution < -0.4 is 15.8 Å². The average molecular weight is 433 g/mol. The van der Waals surface area contributed by atoms with Crippen molar-refractivity contribution < 1.29 is 9.53 Å². The Morgan fingerprint density at radius 2 is 2.17 bits per heavy atom. The summed E-state index contributed by atoms with van der Waals surface area (Å²) in [4.78, 5) is 27.0. The molecule has 1 aliphatic heterocycles. The molecule has 8 heteroatoms. The largest absolute Gasteiger partial charge is 0.379 e. The van der Waals surface area contributed by atoms with Gasteiger partial charge >= 0.3 is 0 Å². The summed E-state index contributed by atoms with van der Waals surface area (Å²) in [5, 5.41) is 8.08. The van der Waals surface area contributed by atoms with E-state index in [2.05, 4.69) is 15.3 Å². The van der Waals surface area contributed by atoms with E-state index in [0.29, 0.717) is 36.2 Å². The third-order valence-electron chi connectivity index (χ3n) is 5.03. The standard InChI is InChI=1S/C22H29ClN4O3/c1-16(2)30-13-5-11-24-22(29)17-6-4-12-26(15-17)20-9-10-21(28)27(25-20)19-8-3-7-18(23)14-19/h3,7-10,14,16-17H,4-6,11-13,15H2,1-2H3,(H,24,29). The fourth-order valence-corrected chi connectivity index (χ4v) is 3.69. The normalized spacial score (nSPS) is 16.7. The maximum Gasteiger partial charge on any atom is 0.271 e. The van der Waals surface area contributed by atoms with Crippen molar-refractivity contribution in [2.24, 2.45) is 5.92 Å². The highest BCUT2D eigenvalue weighted by molar-refractivity contribution is 6.30. The zero-order valence-corrected chi connectivity index (χ0v) is 18.3. The summed E-state index contributed by atoms with van der Waals surface area (Å²) in [6, 6.07) is 10.2. The summed E-state index contributed by atoms with van der Waals surface area (Å²) < 4.78 is 6.85. The fourth-order valence-electron chi connectivity index (χ4n) is 3.51. The van der Waals surface area contributed by atoms with Gasteiger partial charge in [-0.1, -0.05) is 17.7 Å². The number of nitrogens with zero attached hydrogens (tertiary/aromatic N) is 3. The smallest absolute Gasteiger partial charge is 0.271 e. The van der Waals surface area contributed by atoms with Gasteiger partial charge in [0, 0.05) is 37.3 Å². The van der Waals surface area contributed by atoms with Crippen LogP contribution in [0.4, 0.5) is 5.82 Å². The number of hydrogen-bond donors (Lipinski definition) is 1. The Morgan fingerprint density at radius 1 is 1.33 bits per heavy atom. The van der Waals surface area contributed by atoms with Crippen molar-refractivity contribution in [1.82, 2.24) is 15.1 Å². The second kappa shape index (κ2) is 10.6. The molecule has 1 aromatic carbocycles. The Morgan fingerprint density at radius 3 is 2.93 bits per heavy atom. The molecule has 3 rings (SSSR count). The molecule has 2 heterocycles. The first-order valence-electron chi connectivity index (χ1n) is 10.4. The molecule has 1 aromatic heterocycles. The number of aromatic nitrogens is 2. The first-order valence-corrected chi connectivity index (χ1v) is 10.8. The van der Waals surface area contributed by atoms with Crippen molar-refractivity contribution in [2.75, 3.05) is 31.1 Å². The van der Waals surface area contributed by atoms with Gasteiger partial charge in [-0.15, -0.1) is 5.10 Å². The summed E-state index contributed by atoms with van der Waals surface area (Å²) >= 11 is 6.06. The highest BCUT2D eigenvalue weighted by Crippen LogP contribution is 2.22. The first-order chi connectivity index (χ1) is 14.4. The number of rotatable bonds is 8. The molecule has 162 valence electrons. The van der Waals surface area contributed by atoms with E-state index in [1.165, 1.54) is 10.7 Å². The van der Waals surface area contributed by atoms with E-state index in [-0.39, 0.29) is 23.5 Å². The molecule has 0 saturated carbocycles. The van der Waals surface area contributed by atoms with Gasteiger partial charge in [-0.25, -0.2) is 0 Å². The van der Waals surface area contributed by atoms with Crippen LogP contribution in [-0.4, -0.2) is 48.0 Å². The number of carbonyl (C=O) groups is 1. The van der Waals surface area contributed by atoms with E-state index in [1.807, 2.05) is 13.8 Å². The van der Waals surface area contributed by atoms with Crippen molar-refractivity contribution in [1.29, 1.82) is 0 Å². The van der Waals surface area contributed by atoms with E-state index in [9.17, 15) is 9.59 Å². The molecular formula is C22H29ClN4O3. The molecule has 1 N–H and O–H groups in total. The molecule has 2 aromatic rings. The van der Waals surface area contributed by atoms with Crippen molar-refractivity contribution >= 4 is 23.3 Å². The van der Waals surface area contributed by atoms with Crippen LogP contribution in [0.1, 0.15) is 33.1 Å². The lowest BCUT2D eigenvalue weighted by Crippen LogP contribution is -2.44. The van der Waals surface area contributed by atoms with Crippen LogP contribution in [0.15, 0.2) is 41.2 Å². The van der Waals surface area contributed by atoms with Crippen LogP contribution in [0, 0.1) is 5.92 Å². The van der Waals surface area contributed by atoms with Gasteiger partial charge in [0.25, 0.3) is 5.56 Å². The number of hydrogen-bond acceptors (Lipinski definition) is 5. The minimum absolute atomic E-state index is 0.0624. The van der Waals surface area contributed by atoms with Gasteiger partial charge in [-0.3, -0.25) is 9.59 Å². The molecule has 1 saturated heterocycles. The Bertz CT molecular complexity index is 915. The number of benzene rings is 1. The number of amides is 1. The Hall–Kier alpha value is -2.38. The van der Waals surface area contributed by atoms with Crippen molar-refractivity contribution in [3.63, 3.8) is 0 Å². The molecule has 30 heavy (non-hydrogen) atoms. The summed E-state index contributed by atoms with van der Waals surface area (Å²) in [5.74, 6) is 0.642. The summed E-state index contributed by atoms with van der Waals surface area (Å²) in [6.07, 6.45) is 2.74. The number of carbonyl (C=O) groups excluding carboxylic acids is 1. The van der Waals surface area contributed by atoms with E-state index >= 15 is 0 Å². The zero-order valence-electron chi connectivity index (χ0n) is 17.5. The minimum Gasteiger partial charge on any atom is -0.379 e. The van der Waals surface area contributed by atoms with E-state index in [4.69, 9.17) is 16.3 Å². The molecule has 0 bridgehead atoms. The van der Waals surface area contributed by atoms with E-state index < -0.39 is 0 Å². The lowest BCUT2D eigenvalue weighted by atomic mass is 9.97. The second-order valence-electron chi connectivity index (χ2n) is 7.77. The second-order valence-corrected chi connectivity index (χ2v) is 8.21. The minimum atomic E-state index is -0.226. The maximum atomic E-state index is 12.6. The van der Waals surface area contributed by atoms with Crippen LogP contribution in [0.5, 0.6) is 0 Å². The van der Waals surface area contributed by atoms with Crippen LogP contribution in [0.25, 0.3) is 5.69 Å². The lowest BCUT2D eigenvalue weighted by Gasteiger charge is -2.33. The zero-order chi connectivity index (χ0) is 21.5. The van der Waals surface area contributed by atoms with Crippen molar-refractivity contribution in [3.05, 3.63) is 51.8 Å².